The van der Waals surface area contributed by atoms with Crippen molar-refractivity contribution in [1.29, 1.82) is 0 Å². The van der Waals surface area contributed by atoms with Crippen LogP contribution in [0.4, 0.5) is 0 Å². The molecule has 0 aliphatic rings. The van der Waals surface area contributed by atoms with Crippen LogP contribution in [0, 0.1) is 0 Å². The minimum Gasteiger partial charge on any atom is -0.492 e. The molecule has 0 aliphatic heterocycles. The monoisotopic (exact) mass is 193 g/mol. The lowest BCUT2D eigenvalue weighted by Gasteiger charge is -2.04. The third-order valence-corrected chi connectivity index (χ3v) is 1.90. The van der Waals surface area contributed by atoms with Gasteiger partial charge in [-0.25, -0.2) is 4.98 Å². The molecule has 0 fully saturated rings. The van der Waals surface area contributed by atoms with E-state index in [-0.39, 0.29) is 0 Å². The SMILES string of the molecule is CCCCCOc1ccc(C=O)nc1. The molecule has 0 radical (unpaired) electrons. The molecular weight excluding hydrogens is 178 g/mol. The molecule has 0 unspecified atom stereocenters. The molecule has 3 heteroatoms. The van der Waals surface area contributed by atoms with Crippen LogP contribution in [-0.2, 0) is 0 Å². The summed E-state index contributed by atoms with van der Waals surface area (Å²) < 4.78 is 5.43. The van der Waals surface area contributed by atoms with Crippen molar-refractivity contribution >= 4 is 6.29 Å². The Hall–Kier alpha value is -1.38. The van der Waals surface area contributed by atoms with Crippen molar-refractivity contribution < 1.29 is 9.53 Å². The quantitative estimate of drug-likeness (QED) is 0.514. The molecular formula is C11H15NO2. The number of aldehydes is 1. The van der Waals surface area contributed by atoms with Crippen LogP contribution in [-0.4, -0.2) is 17.9 Å². The fraction of sp³-hybridized carbons (Fsp3) is 0.455. The molecule has 0 bridgehead atoms. The van der Waals surface area contributed by atoms with Gasteiger partial charge in [-0.3, -0.25) is 4.79 Å². The topological polar surface area (TPSA) is 39.2 Å². The van der Waals surface area contributed by atoms with Gasteiger partial charge in [0.25, 0.3) is 0 Å². The van der Waals surface area contributed by atoms with E-state index in [1.807, 2.05) is 0 Å². The highest BCUT2D eigenvalue weighted by atomic mass is 16.5. The molecule has 3 nitrogen and oxygen atoms in total. The van der Waals surface area contributed by atoms with Gasteiger partial charge in [0.1, 0.15) is 11.4 Å². The summed E-state index contributed by atoms with van der Waals surface area (Å²) in [5.74, 6) is 0.728. The van der Waals surface area contributed by atoms with Gasteiger partial charge in [0.15, 0.2) is 6.29 Å². The molecule has 0 atom stereocenters. The van der Waals surface area contributed by atoms with E-state index in [0.29, 0.717) is 5.69 Å². The molecule has 1 heterocycles. The van der Waals surface area contributed by atoms with Gasteiger partial charge < -0.3 is 4.74 Å². The van der Waals surface area contributed by atoms with Crippen LogP contribution >= 0.6 is 0 Å². The number of carbonyl (C=O) groups is 1. The van der Waals surface area contributed by atoms with Crippen LogP contribution in [0.25, 0.3) is 0 Å². The van der Waals surface area contributed by atoms with Crippen LogP contribution in [0.3, 0.4) is 0 Å². The summed E-state index contributed by atoms with van der Waals surface area (Å²) in [6, 6.07) is 3.42. The van der Waals surface area contributed by atoms with Crippen LogP contribution in [0.1, 0.15) is 36.7 Å². The zero-order chi connectivity index (χ0) is 10.2. The number of hydrogen-bond donors (Lipinski definition) is 0. The second-order valence-electron chi connectivity index (χ2n) is 3.09. The van der Waals surface area contributed by atoms with Gasteiger partial charge in [-0.1, -0.05) is 19.8 Å². The van der Waals surface area contributed by atoms with Crippen molar-refractivity contribution in [3.63, 3.8) is 0 Å². The lowest BCUT2D eigenvalue weighted by atomic mass is 10.3. The third-order valence-electron chi connectivity index (χ3n) is 1.90. The summed E-state index contributed by atoms with van der Waals surface area (Å²) in [5.41, 5.74) is 0.436. The second-order valence-corrected chi connectivity index (χ2v) is 3.09. The maximum Gasteiger partial charge on any atom is 0.168 e. The first-order valence-electron chi connectivity index (χ1n) is 4.91. The maximum absolute atomic E-state index is 10.3. The van der Waals surface area contributed by atoms with Crippen molar-refractivity contribution in [1.82, 2.24) is 4.98 Å². The summed E-state index contributed by atoms with van der Waals surface area (Å²) in [4.78, 5) is 14.2. The summed E-state index contributed by atoms with van der Waals surface area (Å²) in [5, 5.41) is 0. The first kappa shape index (κ1) is 10.7. The minimum absolute atomic E-state index is 0.436. The number of unbranched alkanes of at least 4 members (excludes halogenated alkanes) is 2. The lowest BCUT2D eigenvalue weighted by Crippen LogP contribution is -1.97. The number of aromatic nitrogens is 1. The highest BCUT2D eigenvalue weighted by Gasteiger charge is 1.95. The Morgan fingerprint density at radius 2 is 2.29 bits per heavy atom. The van der Waals surface area contributed by atoms with Gasteiger partial charge in [0, 0.05) is 0 Å². The Morgan fingerprint density at radius 1 is 1.43 bits per heavy atom. The molecule has 0 amide bonds. The highest BCUT2D eigenvalue weighted by Crippen LogP contribution is 2.09. The van der Waals surface area contributed by atoms with Crippen LogP contribution < -0.4 is 4.74 Å². The number of hydrogen-bond acceptors (Lipinski definition) is 3. The van der Waals surface area contributed by atoms with Crippen LogP contribution in [0.5, 0.6) is 5.75 Å². The summed E-state index contributed by atoms with van der Waals surface area (Å²) in [6.07, 6.45) is 5.73. The van der Waals surface area contributed by atoms with Crippen LogP contribution in [0.2, 0.25) is 0 Å². The highest BCUT2D eigenvalue weighted by molar-refractivity contribution is 5.71. The van der Waals surface area contributed by atoms with Crippen molar-refractivity contribution in [2.24, 2.45) is 0 Å². The Kier molecular flexibility index (Phi) is 4.69. The molecule has 0 saturated heterocycles. The van der Waals surface area contributed by atoms with E-state index in [2.05, 4.69) is 11.9 Å². The van der Waals surface area contributed by atoms with E-state index in [4.69, 9.17) is 4.74 Å². The molecule has 1 rings (SSSR count). The third kappa shape index (κ3) is 3.56. The standard InChI is InChI=1S/C11H15NO2/c1-2-3-4-7-14-11-6-5-10(9-13)12-8-11/h5-6,8-9H,2-4,7H2,1H3. The fourth-order valence-corrected chi connectivity index (χ4v) is 1.09. The molecule has 0 spiro atoms. The van der Waals surface area contributed by atoms with E-state index in [1.54, 1.807) is 18.3 Å². The average Bonchev–Trinajstić information content (AvgIpc) is 2.25. The zero-order valence-electron chi connectivity index (χ0n) is 8.40. The van der Waals surface area contributed by atoms with E-state index in [0.717, 1.165) is 25.1 Å². The van der Waals surface area contributed by atoms with Crippen molar-refractivity contribution in [2.45, 2.75) is 26.2 Å². The fourth-order valence-electron chi connectivity index (χ4n) is 1.09. The number of carbonyl (C=O) groups excluding carboxylic acids is 1. The van der Waals surface area contributed by atoms with E-state index >= 15 is 0 Å². The van der Waals surface area contributed by atoms with E-state index < -0.39 is 0 Å². The Morgan fingerprint density at radius 3 is 2.86 bits per heavy atom. The predicted molar refractivity (Wildman–Crippen MR) is 54.6 cm³/mol. The first-order chi connectivity index (χ1) is 6.86. The zero-order valence-corrected chi connectivity index (χ0v) is 8.40. The Balaban J connectivity index is 2.32. The first-order valence-corrected chi connectivity index (χ1v) is 4.91. The molecule has 1 aromatic heterocycles. The number of rotatable bonds is 6. The molecule has 0 aromatic carbocycles. The molecule has 0 saturated carbocycles. The molecule has 76 valence electrons. The van der Waals surface area contributed by atoms with Gasteiger partial charge in [0.2, 0.25) is 0 Å². The van der Waals surface area contributed by atoms with Crippen molar-refractivity contribution in [3.8, 4) is 5.75 Å². The number of ether oxygens (including phenoxy) is 1. The molecule has 14 heavy (non-hydrogen) atoms. The largest absolute Gasteiger partial charge is 0.492 e. The van der Waals surface area contributed by atoms with Gasteiger partial charge in [0.05, 0.1) is 12.8 Å². The summed E-state index contributed by atoms with van der Waals surface area (Å²) >= 11 is 0. The van der Waals surface area contributed by atoms with Gasteiger partial charge in [-0.15, -0.1) is 0 Å². The normalized spacial score (nSPS) is 9.79. The average molecular weight is 193 g/mol. The minimum atomic E-state index is 0.436. The summed E-state index contributed by atoms with van der Waals surface area (Å²) in [7, 11) is 0. The van der Waals surface area contributed by atoms with Crippen molar-refractivity contribution in [2.75, 3.05) is 6.61 Å². The Bertz CT molecular complexity index is 269. The van der Waals surface area contributed by atoms with E-state index in [9.17, 15) is 4.79 Å². The van der Waals surface area contributed by atoms with Gasteiger partial charge >= 0.3 is 0 Å². The Labute approximate surface area is 84.1 Å². The van der Waals surface area contributed by atoms with Gasteiger partial charge in [-0.05, 0) is 18.6 Å². The summed E-state index contributed by atoms with van der Waals surface area (Å²) in [6.45, 7) is 2.87. The molecule has 0 N–H and O–H groups in total. The second kappa shape index (κ2) is 6.13. The van der Waals surface area contributed by atoms with Crippen molar-refractivity contribution in [3.05, 3.63) is 24.0 Å². The predicted octanol–water partition coefficient (Wildman–Crippen LogP) is 2.46. The van der Waals surface area contributed by atoms with Crippen LogP contribution in [0.15, 0.2) is 18.3 Å². The maximum atomic E-state index is 10.3. The van der Waals surface area contributed by atoms with E-state index in [1.165, 1.54) is 12.8 Å². The number of pyridine rings is 1. The van der Waals surface area contributed by atoms with Gasteiger partial charge in [-0.2, -0.15) is 0 Å². The smallest absolute Gasteiger partial charge is 0.168 e. The molecule has 0 aliphatic carbocycles. The lowest BCUT2D eigenvalue weighted by molar-refractivity contribution is 0.111. The molecule has 1 aromatic rings. The number of nitrogens with zero attached hydrogens (tertiary/aromatic N) is 1.